The topological polar surface area (TPSA) is 52.6 Å². The summed E-state index contributed by atoms with van der Waals surface area (Å²) in [6.45, 7) is 5.56. The fourth-order valence-corrected chi connectivity index (χ4v) is 1.91. The van der Waals surface area contributed by atoms with Crippen LogP contribution in [-0.2, 0) is 19.1 Å². The van der Waals surface area contributed by atoms with E-state index in [0.717, 1.165) is 0 Å². The van der Waals surface area contributed by atoms with Crippen molar-refractivity contribution in [3.63, 3.8) is 0 Å². The van der Waals surface area contributed by atoms with Crippen LogP contribution in [0.5, 0.6) is 0 Å². The minimum Gasteiger partial charge on any atom is -0.468 e. The highest BCUT2D eigenvalue weighted by Crippen LogP contribution is 2.26. The van der Waals surface area contributed by atoms with Crippen molar-refractivity contribution in [3.8, 4) is 0 Å². The van der Waals surface area contributed by atoms with Gasteiger partial charge in [0, 0.05) is 7.11 Å². The largest absolute Gasteiger partial charge is 0.468 e. The SMILES string of the molecule is CCC(C(=O)OC)C(=O)C(CC)(CC)OC. The molecule has 0 saturated carbocycles. The number of carbonyl (C=O) groups is 2. The molecule has 0 aliphatic heterocycles. The van der Waals surface area contributed by atoms with E-state index in [1.54, 1.807) is 6.92 Å². The highest BCUT2D eigenvalue weighted by Gasteiger charge is 2.41. The Morgan fingerprint density at radius 2 is 1.62 bits per heavy atom. The van der Waals surface area contributed by atoms with Crippen LogP contribution < -0.4 is 0 Å². The fraction of sp³-hybridized carbons (Fsp3) is 0.833. The van der Waals surface area contributed by atoms with Crippen molar-refractivity contribution in [2.45, 2.75) is 45.6 Å². The number of rotatable bonds is 7. The van der Waals surface area contributed by atoms with Crippen LogP contribution in [0.1, 0.15) is 40.0 Å². The molecular formula is C12H22O4. The molecule has 1 atom stereocenters. The predicted octanol–water partition coefficient (Wildman–Crippen LogP) is 1.96. The zero-order chi connectivity index (χ0) is 12.8. The van der Waals surface area contributed by atoms with E-state index in [-0.39, 0.29) is 5.78 Å². The highest BCUT2D eigenvalue weighted by molar-refractivity contribution is 6.03. The van der Waals surface area contributed by atoms with Gasteiger partial charge in [0.05, 0.1) is 7.11 Å². The van der Waals surface area contributed by atoms with Crippen molar-refractivity contribution < 1.29 is 19.1 Å². The Balaban J connectivity index is 5.04. The first kappa shape index (κ1) is 15.1. The van der Waals surface area contributed by atoms with Crippen molar-refractivity contribution in [1.29, 1.82) is 0 Å². The third kappa shape index (κ3) is 2.82. The predicted molar refractivity (Wildman–Crippen MR) is 61.1 cm³/mol. The van der Waals surface area contributed by atoms with Crippen molar-refractivity contribution in [3.05, 3.63) is 0 Å². The van der Waals surface area contributed by atoms with Gasteiger partial charge in [0.2, 0.25) is 0 Å². The fourth-order valence-electron chi connectivity index (χ4n) is 1.91. The number of hydrogen-bond donors (Lipinski definition) is 0. The van der Waals surface area contributed by atoms with Gasteiger partial charge in [-0.1, -0.05) is 20.8 Å². The van der Waals surface area contributed by atoms with E-state index in [9.17, 15) is 9.59 Å². The van der Waals surface area contributed by atoms with E-state index in [1.807, 2.05) is 13.8 Å². The number of hydrogen-bond acceptors (Lipinski definition) is 4. The monoisotopic (exact) mass is 230 g/mol. The molecule has 0 aliphatic carbocycles. The molecular weight excluding hydrogens is 208 g/mol. The number of methoxy groups -OCH3 is 2. The molecule has 1 unspecified atom stereocenters. The molecule has 4 heteroatoms. The lowest BCUT2D eigenvalue weighted by molar-refractivity contribution is -0.159. The zero-order valence-corrected chi connectivity index (χ0v) is 10.8. The maximum Gasteiger partial charge on any atom is 0.316 e. The number of carbonyl (C=O) groups excluding carboxylic acids is 2. The summed E-state index contributed by atoms with van der Waals surface area (Å²) < 4.78 is 9.96. The molecule has 0 rings (SSSR count). The third-order valence-corrected chi connectivity index (χ3v) is 3.19. The van der Waals surface area contributed by atoms with Crippen molar-refractivity contribution in [2.75, 3.05) is 14.2 Å². The van der Waals surface area contributed by atoms with Gasteiger partial charge in [-0.25, -0.2) is 0 Å². The molecule has 0 aliphatic rings. The minimum atomic E-state index is -0.852. The highest BCUT2D eigenvalue weighted by atomic mass is 16.5. The summed E-state index contributed by atoms with van der Waals surface area (Å²) in [5, 5.41) is 0. The van der Waals surface area contributed by atoms with Gasteiger partial charge in [-0.15, -0.1) is 0 Å². The second-order valence-electron chi connectivity index (χ2n) is 3.75. The first-order chi connectivity index (χ1) is 7.52. The Hall–Kier alpha value is -0.900. The van der Waals surface area contributed by atoms with E-state index in [2.05, 4.69) is 4.74 Å². The van der Waals surface area contributed by atoms with E-state index < -0.39 is 17.5 Å². The van der Waals surface area contributed by atoms with Crippen molar-refractivity contribution >= 4 is 11.8 Å². The molecule has 0 amide bonds. The van der Waals surface area contributed by atoms with E-state index >= 15 is 0 Å². The number of ether oxygens (including phenoxy) is 2. The molecule has 0 N–H and O–H groups in total. The third-order valence-electron chi connectivity index (χ3n) is 3.19. The van der Waals surface area contributed by atoms with Crippen LogP contribution in [0.3, 0.4) is 0 Å². The quantitative estimate of drug-likeness (QED) is 0.495. The van der Waals surface area contributed by atoms with Gasteiger partial charge in [-0.05, 0) is 19.3 Å². The van der Waals surface area contributed by atoms with Gasteiger partial charge in [-0.3, -0.25) is 9.59 Å². The Labute approximate surface area is 97.3 Å². The van der Waals surface area contributed by atoms with Gasteiger partial charge in [0.15, 0.2) is 5.78 Å². The molecule has 0 bridgehead atoms. The molecule has 4 nitrogen and oxygen atoms in total. The lowest BCUT2D eigenvalue weighted by Gasteiger charge is -2.31. The summed E-state index contributed by atoms with van der Waals surface area (Å²) in [7, 11) is 2.81. The lowest BCUT2D eigenvalue weighted by atomic mass is 9.83. The summed E-state index contributed by atoms with van der Waals surface area (Å²) in [5.74, 6) is -1.37. The van der Waals surface area contributed by atoms with Gasteiger partial charge in [-0.2, -0.15) is 0 Å². The smallest absolute Gasteiger partial charge is 0.316 e. The molecule has 0 aromatic rings. The normalized spacial score (nSPS) is 13.3. The van der Waals surface area contributed by atoms with Crippen LogP contribution in [0.2, 0.25) is 0 Å². The van der Waals surface area contributed by atoms with Crippen molar-refractivity contribution in [1.82, 2.24) is 0 Å². The average molecular weight is 230 g/mol. The first-order valence-electron chi connectivity index (χ1n) is 5.70. The maximum atomic E-state index is 12.3. The Kier molecular flexibility index (Phi) is 6.26. The summed E-state index contributed by atoms with van der Waals surface area (Å²) in [4.78, 5) is 23.7. The first-order valence-corrected chi connectivity index (χ1v) is 5.70. The van der Waals surface area contributed by atoms with Gasteiger partial charge >= 0.3 is 5.97 Å². The second-order valence-corrected chi connectivity index (χ2v) is 3.75. The summed E-state index contributed by atoms with van der Waals surface area (Å²) in [6, 6.07) is 0. The van der Waals surface area contributed by atoms with Crippen LogP contribution in [0, 0.1) is 5.92 Å². The van der Waals surface area contributed by atoms with Crippen LogP contribution in [0.15, 0.2) is 0 Å². The minimum absolute atomic E-state index is 0.172. The number of ketones is 1. The van der Waals surface area contributed by atoms with Crippen LogP contribution >= 0.6 is 0 Å². The lowest BCUT2D eigenvalue weighted by Crippen LogP contribution is -2.45. The van der Waals surface area contributed by atoms with Gasteiger partial charge in [0.1, 0.15) is 11.5 Å². The van der Waals surface area contributed by atoms with Gasteiger partial charge < -0.3 is 9.47 Å². The molecule has 0 heterocycles. The molecule has 0 aromatic heterocycles. The molecule has 0 saturated heterocycles. The van der Waals surface area contributed by atoms with E-state index in [1.165, 1.54) is 14.2 Å². The maximum absolute atomic E-state index is 12.3. The Bertz CT molecular complexity index is 235. The number of Topliss-reactive ketones (excluding diaryl/α,β-unsaturated/α-hetero) is 1. The average Bonchev–Trinajstić information content (AvgIpc) is 2.32. The van der Waals surface area contributed by atoms with E-state index in [0.29, 0.717) is 19.3 Å². The zero-order valence-electron chi connectivity index (χ0n) is 10.8. The van der Waals surface area contributed by atoms with E-state index in [4.69, 9.17) is 4.74 Å². The summed E-state index contributed by atoms with van der Waals surface area (Å²) >= 11 is 0. The molecule has 0 aromatic carbocycles. The number of esters is 1. The standard InChI is InChI=1S/C12H22O4/c1-6-9(11(14)15-4)10(13)12(7-2,8-3)16-5/h9H,6-8H2,1-5H3. The molecule has 16 heavy (non-hydrogen) atoms. The Morgan fingerprint density at radius 3 is 1.88 bits per heavy atom. The molecule has 94 valence electrons. The second kappa shape index (κ2) is 6.63. The summed E-state index contributed by atoms with van der Waals surface area (Å²) in [5.41, 5.74) is -0.852. The van der Waals surface area contributed by atoms with Crippen LogP contribution in [0.4, 0.5) is 0 Å². The van der Waals surface area contributed by atoms with Crippen molar-refractivity contribution in [2.24, 2.45) is 5.92 Å². The summed E-state index contributed by atoms with van der Waals surface area (Å²) in [6.07, 6.45) is 1.56. The Morgan fingerprint density at radius 1 is 1.12 bits per heavy atom. The molecule has 0 fully saturated rings. The van der Waals surface area contributed by atoms with Gasteiger partial charge in [0.25, 0.3) is 0 Å². The molecule has 0 spiro atoms. The van der Waals surface area contributed by atoms with Crippen LogP contribution in [-0.4, -0.2) is 31.6 Å². The molecule has 0 radical (unpaired) electrons. The van der Waals surface area contributed by atoms with Crippen LogP contribution in [0.25, 0.3) is 0 Å².